The van der Waals surface area contributed by atoms with Gasteiger partial charge in [0.2, 0.25) is 10.0 Å². The Hall–Kier alpha value is -2.08. The lowest BCUT2D eigenvalue weighted by Gasteiger charge is -2.25. The third-order valence-electron chi connectivity index (χ3n) is 4.20. The number of hydrogen-bond acceptors (Lipinski definition) is 6. The normalized spacial score (nSPS) is 20.4. The van der Waals surface area contributed by atoms with Crippen LogP contribution in [-0.4, -0.2) is 44.1 Å². The van der Waals surface area contributed by atoms with E-state index in [9.17, 15) is 26.7 Å². The summed E-state index contributed by atoms with van der Waals surface area (Å²) in [5.41, 5.74) is -2.66. The number of benzene rings is 2. The van der Waals surface area contributed by atoms with E-state index in [-0.39, 0.29) is 16.3 Å². The van der Waals surface area contributed by atoms with E-state index < -0.39 is 28.5 Å². The van der Waals surface area contributed by atoms with Crippen molar-refractivity contribution in [1.29, 1.82) is 0 Å². The molecule has 6 nitrogen and oxygen atoms in total. The highest BCUT2D eigenvalue weighted by Crippen LogP contribution is 2.39. The van der Waals surface area contributed by atoms with Gasteiger partial charge in [0.15, 0.2) is 0 Å². The van der Waals surface area contributed by atoms with E-state index >= 15 is 0 Å². The van der Waals surface area contributed by atoms with Crippen molar-refractivity contribution < 1.29 is 26.7 Å². The maximum atomic E-state index is 13.4. The molecule has 150 valence electrons. The van der Waals surface area contributed by atoms with E-state index in [1.165, 1.54) is 40.9 Å². The Morgan fingerprint density at radius 2 is 1.71 bits per heavy atom. The largest absolute Gasteiger partial charge is 0.440 e. The number of amidine groups is 1. The number of aliphatic imine (C=N–C) groups is 1. The second kappa shape index (κ2) is 7.07. The van der Waals surface area contributed by atoms with Crippen molar-refractivity contribution in [2.24, 2.45) is 10.1 Å². The molecule has 3 N–H and O–H groups in total. The van der Waals surface area contributed by atoms with E-state index in [0.29, 0.717) is 5.69 Å². The number of primary sulfonamides is 1. The number of thioether (sulfide) groups is 1. The molecule has 28 heavy (non-hydrogen) atoms. The van der Waals surface area contributed by atoms with Crippen molar-refractivity contribution in [2.45, 2.75) is 21.7 Å². The van der Waals surface area contributed by atoms with Crippen molar-refractivity contribution in [2.75, 3.05) is 17.7 Å². The molecule has 1 aliphatic rings. The van der Waals surface area contributed by atoms with Crippen molar-refractivity contribution in [1.82, 2.24) is 0 Å². The van der Waals surface area contributed by atoms with Gasteiger partial charge in [-0.15, -0.1) is 11.8 Å². The zero-order valence-electron chi connectivity index (χ0n) is 14.5. The molecule has 2 aromatic carbocycles. The minimum Gasteiger partial charge on any atom is -0.361 e. The second-order valence-electron chi connectivity index (χ2n) is 6.10. The van der Waals surface area contributed by atoms with Gasteiger partial charge in [-0.25, -0.2) is 18.5 Å². The van der Waals surface area contributed by atoms with Crippen LogP contribution in [0.15, 0.2) is 63.3 Å². The van der Waals surface area contributed by atoms with Crippen LogP contribution >= 0.6 is 11.8 Å². The lowest BCUT2D eigenvalue weighted by Crippen LogP contribution is -2.47. The monoisotopic (exact) mass is 431 g/mol. The molecule has 1 unspecified atom stereocenters. The van der Waals surface area contributed by atoms with E-state index in [1.807, 2.05) is 6.26 Å². The maximum Gasteiger partial charge on any atom is 0.440 e. The fourth-order valence-corrected chi connectivity index (χ4v) is 3.63. The van der Waals surface area contributed by atoms with Crippen LogP contribution in [0.3, 0.4) is 0 Å². The number of hydrogen-bond donors (Lipinski definition) is 2. The van der Waals surface area contributed by atoms with Gasteiger partial charge in [0.25, 0.3) is 5.72 Å². The number of halogens is 3. The number of sulfonamides is 1. The molecule has 0 radical (unpaired) electrons. The summed E-state index contributed by atoms with van der Waals surface area (Å²) >= 11 is 1.48. The van der Waals surface area contributed by atoms with Gasteiger partial charge in [0, 0.05) is 16.1 Å². The van der Waals surface area contributed by atoms with Crippen LogP contribution in [0.5, 0.6) is 0 Å². The Morgan fingerprint density at radius 3 is 2.18 bits per heavy atom. The Balaban J connectivity index is 2.07. The van der Waals surface area contributed by atoms with Gasteiger partial charge in [-0.3, -0.25) is 0 Å². The summed E-state index contributed by atoms with van der Waals surface area (Å²) in [6.45, 7) is -0.818. The SMILES string of the molecule is CSc1ccc(N2CC(O)(C(F)(F)F)N=C2c2ccc(S(N)(=O)=O)cc2)cc1. The summed E-state index contributed by atoms with van der Waals surface area (Å²) < 4.78 is 62.9. The first-order chi connectivity index (χ1) is 12.9. The molecular formula is C17H16F3N3O3S2. The van der Waals surface area contributed by atoms with E-state index in [2.05, 4.69) is 4.99 Å². The maximum absolute atomic E-state index is 13.4. The third kappa shape index (κ3) is 3.88. The minimum atomic E-state index is -4.98. The Kier molecular flexibility index (Phi) is 5.21. The highest BCUT2D eigenvalue weighted by Gasteiger charge is 2.58. The number of nitrogens with two attached hydrogens (primary N) is 1. The molecule has 3 rings (SSSR count). The Morgan fingerprint density at radius 1 is 1.14 bits per heavy atom. The number of aliphatic hydroxyl groups is 1. The van der Waals surface area contributed by atoms with Gasteiger partial charge < -0.3 is 10.0 Å². The van der Waals surface area contributed by atoms with Crippen LogP contribution in [0.1, 0.15) is 5.56 Å². The lowest BCUT2D eigenvalue weighted by atomic mass is 10.1. The van der Waals surface area contributed by atoms with Gasteiger partial charge in [-0.05, 0) is 54.8 Å². The predicted molar refractivity (Wildman–Crippen MR) is 101 cm³/mol. The molecule has 1 heterocycles. The van der Waals surface area contributed by atoms with E-state index in [1.54, 1.807) is 24.3 Å². The standard InChI is InChI=1S/C17H16F3N3O3S2/c1-27-13-6-4-12(5-7-13)23-10-16(24,17(18,19)20)22-15(23)11-2-8-14(9-3-11)28(21,25)26/h2-9,24H,10H2,1H3,(H2,21,25,26). The smallest absolute Gasteiger partial charge is 0.361 e. The summed E-state index contributed by atoms with van der Waals surface area (Å²) in [4.78, 5) is 5.52. The molecule has 11 heteroatoms. The molecule has 0 fully saturated rings. The predicted octanol–water partition coefficient (Wildman–Crippen LogP) is 2.57. The number of anilines is 1. The molecule has 0 saturated heterocycles. The van der Waals surface area contributed by atoms with Gasteiger partial charge in [0.1, 0.15) is 5.84 Å². The number of β-amino-alcohol motifs (C(OH)–C–C–N with tert-alkyl or cyclic N) is 1. The van der Waals surface area contributed by atoms with Gasteiger partial charge in [-0.1, -0.05) is 0 Å². The molecule has 0 aliphatic carbocycles. The Labute approximate surface area is 163 Å². The van der Waals surface area contributed by atoms with Crippen LogP contribution in [0, 0.1) is 0 Å². The fraction of sp³-hybridized carbons (Fsp3) is 0.235. The van der Waals surface area contributed by atoms with Crippen LogP contribution in [-0.2, 0) is 10.0 Å². The van der Waals surface area contributed by atoms with Crippen LogP contribution in [0.25, 0.3) is 0 Å². The van der Waals surface area contributed by atoms with E-state index in [4.69, 9.17) is 5.14 Å². The molecule has 0 bridgehead atoms. The number of nitrogens with zero attached hydrogens (tertiary/aromatic N) is 2. The molecule has 0 amide bonds. The fourth-order valence-electron chi connectivity index (χ4n) is 2.71. The molecule has 1 atom stereocenters. The summed E-state index contributed by atoms with van der Waals surface area (Å²) in [7, 11) is -3.95. The molecule has 0 aromatic heterocycles. The summed E-state index contributed by atoms with van der Waals surface area (Å²) in [6.07, 6.45) is -3.11. The topological polar surface area (TPSA) is 96.0 Å². The Bertz CT molecular complexity index is 1010. The van der Waals surface area contributed by atoms with E-state index in [0.717, 1.165) is 4.90 Å². The zero-order valence-corrected chi connectivity index (χ0v) is 16.1. The highest BCUT2D eigenvalue weighted by atomic mass is 32.2. The van der Waals surface area contributed by atoms with Crippen LogP contribution in [0.2, 0.25) is 0 Å². The first-order valence-electron chi connectivity index (χ1n) is 7.88. The average molecular weight is 431 g/mol. The van der Waals surface area contributed by atoms with Crippen molar-refractivity contribution in [3.8, 4) is 0 Å². The average Bonchev–Trinajstić information content (AvgIpc) is 3.00. The second-order valence-corrected chi connectivity index (χ2v) is 8.54. The highest BCUT2D eigenvalue weighted by molar-refractivity contribution is 7.98. The van der Waals surface area contributed by atoms with Gasteiger partial charge >= 0.3 is 6.18 Å². The van der Waals surface area contributed by atoms with Crippen molar-refractivity contribution in [3.05, 3.63) is 54.1 Å². The number of rotatable bonds is 4. The molecule has 2 aromatic rings. The third-order valence-corrected chi connectivity index (χ3v) is 5.88. The summed E-state index contributed by atoms with van der Waals surface area (Å²) in [6, 6.07) is 11.7. The minimum absolute atomic E-state index is 0.127. The molecule has 0 saturated carbocycles. The first kappa shape index (κ1) is 20.6. The van der Waals surface area contributed by atoms with Gasteiger partial charge in [-0.2, -0.15) is 13.2 Å². The lowest BCUT2D eigenvalue weighted by molar-refractivity contribution is -0.249. The molecule has 0 spiro atoms. The van der Waals surface area contributed by atoms with Crippen molar-refractivity contribution in [3.63, 3.8) is 0 Å². The quantitative estimate of drug-likeness (QED) is 0.726. The van der Waals surface area contributed by atoms with Crippen LogP contribution < -0.4 is 10.0 Å². The first-order valence-corrected chi connectivity index (χ1v) is 10.7. The number of alkyl halides is 3. The summed E-state index contributed by atoms with van der Waals surface area (Å²) in [5, 5.41) is 15.1. The zero-order chi connectivity index (χ0) is 20.7. The summed E-state index contributed by atoms with van der Waals surface area (Å²) in [5.74, 6) is -0.127. The molecular weight excluding hydrogens is 415 g/mol. The van der Waals surface area contributed by atoms with Crippen LogP contribution in [0.4, 0.5) is 18.9 Å². The van der Waals surface area contributed by atoms with Crippen molar-refractivity contribution >= 4 is 33.3 Å². The molecule has 1 aliphatic heterocycles. The van der Waals surface area contributed by atoms with Gasteiger partial charge in [0.05, 0.1) is 11.4 Å².